The Kier molecular flexibility index (Phi) is 52.1. The van der Waals surface area contributed by atoms with Crippen LogP contribution in [-0.2, 0) is 75.1 Å². The average molecular weight is 1330 g/mol. The predicted molar refractivity (Wildman–Crippen MR) is 361 cm³/mol. The minimum atomic E-state index is -4.73. The molecule has 0 radical (unpaired) electrons. The zero-order valence-electron chi connectivity index (χ0n) is 57.3. The molecule has 0 amide bonds. The van der Waals surface area contributed by atoms with Crippen molar-refractivity contribution in [3.63, 3.8) is 0 Å². The molecule has 0 spiro atoms. The Labute approximate surface area is 591 Å². The molecule has 1 N–H and O–H groups in total. The van der Waals surface area contributed by atoms with Crippen molar-refractivity contribution < 1.29 is 117 Å². The fourth-order valence-corrected chi connectivity index (χ4v) is 14.1. The first-order valence-corrected chi connectivity index (χ1v) is 38.9. The van der Waals surface area contributed by atoms with E-state index in [-0.39, 0.29) is 82.1 Å². The minimum Gasteiger partial charge on any atom is -0.744 e. The first kappa shape index (κ1) is 88.1. The third-order valence-corrected chi connectivity index (χ3v) is 19.5. The summed E-state index contributed by atoms with van der Waals surface area (Å²) in [6.45, 7) is 13.2. The monoisotopic (exact) mass is 1330 g/mol. The predicted octanol–water partition coefficient (Wildman–Crippen LogP) is 13.5. The molecule has 0 aliphatic carbocycles. The molecule has 502 valence electrons. The van der Waals surface area contributed by atoms with E-state index < -0.39 is 54.0 Å². The van der Waals surface area contributed by atoms with Gasteiger partial charge >= 0.3 is 71.1 Å². The summed E-state index contributed by atoms with van der Waals surface area (Å²) >= 11 is 0. The Bertz CT molecular complexity index is 2730. The number of rotatable bonds is 48. The van der Waals surface area contributed by atoms with Gasteiger partial charge < -0.3 is 18.6 Å². The second-order valence-corrected chi connectivity index (χ2v) is 28.5. The molecular formula is C72H116Na2O13S3. The number of hydrogen-bond acceptors (Lipinski definition) is 12. The van der Waals surface area contributed by atoms with E-state index in [0.717, 1.165) is 155 Å². The molecule has 0 bridgehead atoms. The Morgan fingerprint density at radius 1 is 0.400 bits per heavy atom. The summed E-state index contributed by atoms with van der Waals surface area (Å²) in [7, 11) is -13.8. The summed E-state index contributed by atoms with van der Waals surface area (Å²) in [6.07, 6.45) is 43.6. The van der Waals surface area contributed by atoms with Crippen LogP contribution < -0.4 is 59.1 Å². The summed E-state index contributed by atoms with van der Waals surface area (Å²) in [5.41, 5.74) is 3.63. The fraction of sp³-hybridized carbons (Fsp3) is 0.694. The molecule has 18 heteroatoms. The van der Waals surface area contributed by atoms with Gasteiger partial charge in [-0.2, -0.15) is 8.42 Å². The van der Waals surface area contributed by atoms with Crippen LogP contribution in [0.15, 0.2) is 70.5 Å². The number of hydrogen-bond donors (Lipinski definition) is 1. The molecule has 0 fully saturated rings. The van der Waals surface area contributed by atoms with Crippen molar-refractivity contribution >= 4 is 63.8 Å². The molecule has 0 aromatic heterocycles. The van der Waals surface area contributed by atoms with Crippen molar-refractivity contribution in [2.75, 3.05) is 13.2 Å². The van der Waals surface area contributed by atoms with Crippen LogP contribution in [0.5, 0.6) is 0 Å². The molecule has 0 saturated heterocycles. The molecule has 0 heterocycles. The van der Waals surface area contributed by atoms with E-state index in [4.69, 9.17) is 9.47 Å². The minimum absolute atomic E-state index is 0. The number of ether oxygens (including phenoxy) is 2. The first-order chi connectivity index (χ1) is 42.3. The SMILES string of the molecule is CCCCCCCCCCCCc1cc2ccccc2c(S(=O)(=O)[O-])c1CCCC.CCCCCCCCCCCCc1cc2ccccc2c(S(=O)(=O)[O-])c1CCCC.CCCCCCCCOC(=O)CC(C(=O)OCCCCCCCC)S(=O)(=O)O.[Na+].[Na+]. The molecule has 0 aliphatic rings. The maximum Gasteiger partial charge on any atom is 1.00 e. The number of benzene rings is 4. The van der Waals surface area contributed by atoms with Gasteiger partial charge in [-0.05, 0) is 108 Å². The van der Waals surface area contributed by atoms with Crippen molar-refractivity contribution in [1.29, 1.82) is 0 Å². The molecule has 4 aromatic carbocycles. The Morgan fingerprint density at radius 2 is 0.689 bits per heavy atom. The van der Waals surface area contributed by atoms with E-state index in [1.165, 1.54) is 109 Å². The molecule has 4 aromatic rings. The third-order valence-electron chi connectivity index (χ3n) is 16.5. The van der Waals surface area contributed by atoms with Crippen molar-refractivity contribution in [3.05, 3.63) is 82.9 Å². The summed E-state index contributed by atoms with van der Waals surface area (Å²) in [5.74, 6) is -1.93. The zero-order chi connectivity index (χ0) is 64.9. The first-order valence-electron chi connectivity index (χ1n) is 34.6. The number of esters is 2. The Hall–Kier alpha value is -1.93. The van der Waals surface area contributed by atoms with E-state index in [1.807, 2.05) is 36.4 Å². The summed E-state index contributed by atoms with van der Waals surface area (Å²) in [4.78, 5) is 23.8. The van der Waals surface area contributed by atoms with Gasteiger partial charge in [-0.3, -0.25) is 14.1 Å². The van der Waals surface area contributed by atoms with Crippen LogP contribution in [0.1, 0.15) is 301 Å². The van der Waals surface area contributed by atoms with Crippen LogP contribution in [0.4, 0.5) is 0 Å². The van der Waals surface area contributed by atoms with Crippen molar-refractivity contribution in [2.45, 2.75) is 320 Å². The van der Waals surface area contributed by atoms with Crippen LogP contribution in [0, 0.1) is 0 Å². The van der Waals surface area contributed by atoms with Crippen LogP contribution in [0.2, 0.25) is 0 Å². The van der Waals surface area contributed by atoms with E-state index in [9.17, 15) is 48.5 Å². The smallest absolute Gasteiger partial charge is 0.744 e. The van der Waals surface area contributed by atoms with Crippen LogP contribution in [0.25, 0.3) is 21.5 Å². The number of fused-ring (bicyclic) bond motifs is 2. The Balaban J connectivity index is 0.00000131. The van der Waals surface area contributed by atoms with Crippen LogP contribution in [0.3, 0.4) is 0 Å². The number of aryl methyl sites for hydroxylation is 2. The molecule has 1 unspecified atom stereocenters. The number of unbranched alkanes of at least 4 members (excludes halogenated alkanes) is 30. The summed E-state index contributed by atoms with van der Waals surface area (Å²) in [5, 5.41) is 0.934. The van der Waals surface area contributed by atoms with Gasteiger partial charge in [-0.1, -0.05) is 295 Å². The van der Waals surface area contributed by atoms with Gasteiger partial charge in [-0.25, -0.2) is 16.8 Å². The quantitative estimate of drug-likeness (QED) is 0.0188. The second-order valence-electron chi connectivity index (χ2n) is 24.2. The normalized spacial score (nSPS) is 11.9. The molecule has 0 saturated carbocycles. The van der Waals surface area contributed by atoms with E-state index in [0.29, 0.717) is 36.5 Å². The topological polar surface area (TPSA) is 221 Å². The van der Waals surface area contributed by atoms with Gasteiger partial charge in [0.25, 0.3) is 10.1 Å². The summed E-state index contributed by atoms with van der Waals surface area (Å²) in [6, 6.07) is 19.0. The fourth-order valence-electron chi connectivity index (χ4n) is 11.4. The molecular weight excluding hydrogens is 1210 g/mol. The van der Waals surface area contributed by atoms with Crippen molar-refractivity contribution in [2.24, 2.45) is 0 Å². The van der Waals surface area contributed by atoms with Gasteiger partial charge in [0.15, 0.2) is 5.25 Å². The van der Waals surface area contributed by atoms with Gasteiger partial charge in [0.1, 0.15) is 20.2 Å². The number of carbonyl (C=O) groups is 2. The third kappa shape index (κ3) is 38.0. The van der Waals surface area contributed by atoms with Gasteiger partial charge in [0, 0.05) is 0 Å². The van der Waals surface area contributed by atoms with Crippen LogP contribution >= 0.6 is 0 Å². The maximum absolute atomic E-state index is 12.2. The Morgan fingerprint density at radius 3 is 1.00 bits per heavy atom. The average Bonchev–Trinajstić information content (AvgIpc) is 0.808. The van der Waals surface area contributed by atoms with Crippen molar-refractivity contribution in [3.8, 4) is 0 Å². The van der Waals surface area contributed by atoms with Gasteiger partial charge in [0.05, 0.1) is 29.4 Å². The van der Waals surface area contributed by atoms with Crippen LogP contribution in [-0.4, -0.2) is 69.3 Å². The summed E-state index contributed by atoms with van der Waals surface area (Å²) < 4.78 is 115. The molecule has 1 atom stereocenters. The van der Waals surface area contributed by atoms with E-state index in [1.54, 1.807) is 12.1 Å². The second kappa shape index (κ2) is 53.2. The molecule has 90 heavy (non-hydrogen) atoms. The van der Waals surface area contributed by atoms with Crippen molar-refractivity contribution in [1.82, 2.24) is 0 Å². The van der Waals surface area contributed by atoms with E-state index >= 15 is 0 Å². The number of carbonyl (C=O) groups excluding carboxylic acids is 2. The largest absolute Gasteiger partial charge is 1.00 e. The molecule has 13 nitrogen and oxygen atoms in total. The van der Waals surface area contributed by atoms with Gasteiger partial charge in [-0.15, -0.1) is 0 Å². The maximum atomic E-state index is 12.2. The zero-order valence-corrected chi connectivity index (χ0v) is 63.8. The van der Waals surface area contributed by atoms with Gasteiger partial charge in [0.2, 0.25) is 0 Å². The molecule has 0 aliphatic heterocycles. The standard InChI is InChI=1S/2C26H40O3S.C20H38O7S.2Na/c2*1-3-5-7-8-9-10-11-12-13-14-17-22-21-23-18-15-16-20-25(23)26(30(27,28)29)24(22)19-6-4-2;1-3-5-7-9-11-13-15-26-19(21)17-18(28(23,24)25)20(22)27-16-14-12-10-8-6-4-2;;/h2*15-16,18,20-21H,3-14,17,19H2,1-2H3,(H,27,28,29);18H,3-17H2,1-2H3,(H,23,24,25);;/q;;;2*+1/p-2. The van der Waals surface area contributed by atoms with E-state index in [2.05, 4.69) is 53.7 Å². The molecule has 4 rings (SSSR count).